The molecule has 5 nitrogen and oxygen atoms in total. The number of halogens is 1. The molecule has 1 heterocycles. The van der Waals surface area contributed by atoms with Crippen molar-refractivity contribution in [2.45, 2.75) is 51.0 Å². The summed E-state index contributed by atoms with van der Waals surface area (Å²) in [6.07, 6.45) is 2.99. The minimum absolute atomic E-state index is 0.0579. The van der Waals surface area contributed by atoms with E-state index in [0.29, 0.717) is 12.1 Å². The standard InChI is InChI=1S/C23H27FN2O3S/c1-22(2)12-17-13-23(3,14-22)15-26(17)21(27)19-6-4-5-7-20(19)25-30(28,29)18-10-8-16(24)9-11-18/h4-11,17,25H,12-15H2,1-3H3/t17-,23+/m0/s1. The van der Waals surface area contributed by atoms with E-state index in [1.807, 2.05) is 4.90 Å². The van der Waals surface area contributed by atoms with Crippen LogP contribution in [0.15, 0.2) is 53.4 Å². The number of fused-ring (bicyclic) bond motifs is 2. The van der Waals surface area contributed by atoms with Crippen LogP contribution in [0.1, 0.15) is 50.4 Å². The van der Waals surface area contributed by atoms with E-state index in [9.17, 15) is 17.6 Å². The zero-order valence-electron chi connectivity index (χ0n) is 17.5. The highest BCUT2D eigenvalue weighted by atomic mass is 32.2. The molecule has 1 aliphatic carbocycles. The molecule has 1 saturated carbocycles. The molecule has 1 saturated heterocycles. The van der Waals surface area contributed by atoms with E-state index in [4.69, 9.17) is 0 Å². The highest BCUT2D eigenvalue weighted by molar-refractivity contribution is 7.92. The molecule has 2 atom stereocenters. The van der Waals surface area contributed by atoms with Crippen LogP contribution in [0.3, 0.4) is 0 Å². The van der Waals surface area contributed by atoms with Gasteiger partial charge in [-0.05, 0) is 66.5 Å². The molecule has 160 valence electrons. The molecule has 2 aromatic carbocycles. The molecule has 2 bridgehead atoms. The summed E-state index contributed by atoms with van der Waals surface area (Å²) in [7, 11) is -3.95. The van der Waals surface area contributed by atoms with Gasteiger partial charge >= 0.3 is 0 Å². The molecular formula is C23H27FN2O3S. The number of nitrogens with zero attached hydrogens (tertiary/aromatic N) is 1. The Labute approximate surface area is 177 Å². The van der Waals surface area contributed by atoms with Gasteiger partial charge in [0, 0.05) is 12.6 Å². The summed E-state index contributed by atoms with van der Waals surface area (Å²) in [5, 5.41) is 0. The Bertz CT molecular complexity index is 1080. The number of rotatable bonds is 4. The van der Waals surface area contributed by atoms with Crippen LogP contribution >= 0.6 is 0 Å². The predicted molar refractivity (Wildman–Crippen MR) is 114 cm³/mol. The summed E-state index contributed by atoms with van der Waals surface area (Å²) < 4.78 is 41.2. The van der Waals surface area contributed by atoms with Gasteiger partial charge in [0.05, 0.1) is 16.1 Å². The van der Waals surface area contributed by atoms with Crippen molar-refractivity contribution in [2.75, 3.05) is 11.3 Å². The maximum Gasteiger partial charge on any atom is 0.261 e. The first kappa shape index (κ1) is 20.8. The number of hydrogen-bond donors (Lipinski definition) is 1. The fourth-order valence-electron chi connectivity index (χ4n) is 5.43. The molecule has 1 amide bonds. The summed E-state index contributed by atoms with van der Waals surface area (Å²) in [5.41, 5.74) is 0.830. The monoisotopic (exact) mass is 430 g/mol. The number of carbonyl (C=O) groups is 1. The van der Waals surface area contributed by atoms with Gasteiger partial charge in [-0.15, -0.1) is 0 Å². The Hall–Kier alpha value is -2.41. The molecule has 2 fully saturated rings. The SMILES string of the molecule is CC1(C)C[C@H]2C[C@@](C)(CN2C(=O)c2ccccc2NS(=O)(=O)c2ccc(F)cc2)C1. The summed E-state index contributed by atoms with van der Waals surface area (Å²) in [4.78, 5) is 15.3. The van der Waals surface area contributed by atoms with Crippen LogP contribution in [0.25, 0.3) is 0 Å². The Morgan fingerprint density at radius 1 is 1.07 bits per heavy atom. The Morgan fingerprint density at radius 3 is 2.43 bits per heavy atom. The zero-order valence-corrected chi connectivity index (χ0v) is 18.3. The van der Waals surface area contributed by atoms with Gasteiger partial charge in [0.15, 0.2) is 0 Å². The number of nitrogens with one attached hydrogen (secondary N) is 1. The molecule has 1 aliphatic heterocycles. The summed E-state index contributed by atoms with van der Waals surface area (Å²) in [6.45, 7) is 7.41. The second-order valence-corrected chi connectivity index (χ2v) is 11.4. The molecule has 4 rings (SSSR count). The smallest absolute Gasteiger partial charge is 0.261 e. The molecule has 2 aliphatic rings. The molecule has 1 N–H and O–H groups in total. The van der Waals surface area contributed by atoms with E-state index >= 15 is 0 Å². The van der Waals surface area contributed by atoms with Gasteiger partial charge in [-0.2, -0.15) is 0 Å². The number of para-hydroxylation sites is 1. The van der Waals surface area contributed by atoms with Gasteiger partial charge in [0.1, 0.15) is 5.82 Å². The average molecular weight is 431 g/mol. The summed E-state index contributed by atoms with van der Waals surface area (Å²) in [6, 6.07) is 11.4. The van der Waals surface area contributed by atoms with E-state index < -0.39 is 15.8 Å². The molecular weight excluding hydrogens is 403 g/mol. The maximum atomic E-state index is 13.5. The third kappa shape index (κ3) is 3.95. The number of anilines is 1. The topological polar surface area (TPSA) is 66.5 Å². The molecule has 0 radical (unpaired) electrons. The van der Waals surface area contributed by atoms with Crippen molar-refractivity contribution in [3.05, 3.63) is 59.9 Å². The second-order valence-electron chi connectivity index (χ2n) is 9.75. The number of hydrogen-bond acceptors (Lipinski definition) is 3. The van der Waals surface area contributed by atoms with Crippen molar-refractivity contribution in [2.24, 2.45) is 10.8 Å². The predicted octanol–water partition coefficient (Wildman–Crippen LogP) is 4.67. The first-order valence-electron chi connectivity index (χ1n) is 10.2. The van der Waals surface area contributed by atoms with E-state index in [2.05, 4.69) is 25.5 Å². The fraction of sp³-hybridized carbons (Fsp3) is 0.435. The lowest BCUT2D eigenvalue weighted by Crippen LogP contribution is -2.38. The van der Waals surface area contributed by atoms with Gasteiger partial charge < -0.3 is 4.90 Å². The van der Waals surface area contributed by atoms with Crippen LogP contribution in [0.4, 0.5) is 10.1 Å². The van der Waals surface area contributed by atoms with Crippen LogP contribution < -0.4 is 4.72 Å². The minimum Gasteiger partial charge on any atom is -0.335 e. The first-order valence-corrected chi connectivity index (χ1v) is 11.6. The lowest BCUT2D eigenvalue weighted by atomic mass is 9.65. The quantitative estimate of drug-likeness (QED) is 0.767. The third-order valence-electron chi connectivity index (χ3n) is 6.20. The average Bonchev–Trinajstić information content (AvgIpc) is 2.90. The molecule has 0 spiro atoms. The van der Waals surface area contributed by atoms with Crippen LogP contribution in [-0.4, -0.2) is 31.8 Å². The number of likely N-dealkylation sites (tertiary alicyclic amines) is 1. The number of carbonyl (C=O) groups excluding carboxylic acids is 1. The van der Waals surface area contributed by atoms with Crippen LogP contribution in [0.2, 0.25) is 0 Å². The van der Waals surface area contributed by atoms with E-state index in [1.54, 1.807) is 24.3 Å². The minimum atomic E-state index is -3.95. The van der Waals surface area contributed by atoms with Gasteiger partial charge in [-0.3, -0.25) is 9.52 Å². The van der Waals surface area contributed by atoms with Gasteiger partial charge in [-0.1, -0.05) is 32.9 Å². The zero-order chi connectivity index (χ0) is 21.7. The molecule has 7 heteroatoms. The highest BCUT2D eigenvalue weighted by Gasteiger charge is 2.51. The molecule has 0 aromatic heterocycles. The Balaban J connectivity index is 1.62. The van der Waals surface area contributed by atoms with E-state index in [0.717, 1.165) is 31.4 Å². The first-order chi connectivity index (χ1) is 14.0. The van der Waals surface area contributed by atoms with Crippen LogP contribution in [-0.2, 0) is 10.0 Å². The fourth-order valence-corrected chi connectivity index (χ4v) is 6.51. The van der Waals surface area contributed by atoms with E-state index in [-0.39, 0.29) is 33.4 Å². The van der Waals surface area contributed by atoms with Gasteiger partial charge in [0.25, 0.3) is 15.9 Å². The van der Waals surface area contributed by atoms with Crippen molar-refractivity contribution in [3.8, 4) is 0 Å². The third-order valence-corrected chi connectivity index (χ3v) is 7.58. The van der Waals surface area contributed by atoms with Crippen molar-refractivity contribution >= 4 is 21.6 Å². The summed E-state index contributed by atoms with van der Waals surface area (Å²) in [5.74, 6) is -0.667. The van der Waals surface area contributed by atoms with E-state index in [1.165, 1.54) is 12.1 Å². The number of amides is 1. The Kier molecular flexibility index (Phi) is 4.92. The van der Waals surface area contributed by atoms with Gasteiger partial charge in [0.2, 0.25) is 0 Å². The lowest BCUT2D eigenvalue weighted by molar-refractivity contribution is 0.0709. The molecule has 2 aromatic rings. The molecule has 0 unspecified atom stereocenters. The van der Waals surface area contributed by atoms with Crippen molar-refractivity contribution < 1.29 is 17.6 Å². The normalized spacial score (nSPS) is 25.2. The summed E-state index contributed by atoms with van der Waals surface area (Å²) >= 11 is 0. The number of sulfonamides is 1. The van der Waals surface area contributed by atoms with Gasteiger partial charge in [-0.25, -0.2) is 12.8 Å². The highest BCUT2D eigenvalue weighted by Crippen LogP contribution is 2.52. The van der Waals surface area contributed by atoms with Crippen LogP contribution in [0.5, 0.6) is 0 Å². The second kappa shape index (κ2) is 7.08. The molecule has 30 heavy (non-hydrogen) atoms. The van der Waals surface area contributed by atoms with Crippen molar-refractivity contribution in [1.29, 1.82) is 0 Å². The lowest BCUT2D eigenvalue weighted by Gasteiger charge is -2.39. The van der Waals surface area contributed by atoms with Crippen molar-refractivity contribution in [1.82, 2.24) is 4.90 Å². The number of benzene rings is 2. The largest absolute Gasteiger partial charge is 0.335 e. The van der Waals surface area contributed by atoms with Crippen molar-refractivity contribution in [3.63, 3.8) is 0 Å². The Morgan fingerprint density at radius 2 is 1.73 bits per heavy atom. The van der Waals surface area contributed by atoms with Crippen LogP contribution in [0, 0.1) is 16.6 Å². The maximum absolute atomic E-state index is 13.5.